The topological polar surface area (TPSA) is 86.2 Å². The van der Waals surface area contributed by atoms with Gasteiger partial charge in [-0.1, -0.05) is 25.1 Å². The van der Waals surface area contributed by atoms with Gasteiger partial charge in [0.25, 0.3) is 0 Å². The molecule has 1 aromatic rings. The summed E-state index contributed by atoms with van der Waals surface area (Å²) < 4.78 is 0. The van der Waals surface area contributed by atoms with Gasteiger partial charge in [0.2, 0.25) is 11.8 Å². The molecule has 0 saturated carbocycles. The van der Waals surface area contributed by atoms with E-state index in [0.29, 0.717) is 12.0 Å². The van der Waals surface area contributed by atoms with Crippen molar-refractivity contribution in [2.75, 3.05) is 0 Å². The van der Waals surface area contributed by atoms with E-state index >= 15 is 0 Å². The quantitative estimate of drug-likeness (QED) is 0.778. The van der Waals surface area contributed by atoms with Crippen LogP contribution in [0.3, 0.4) is 0 Å². The maximum atomic E-state index is 10.4. The number of hydrogen-bond acceptors (Lipinski definition) is 2. The highest BCUT2D eigenvalue weighted by Gasteiger charge is 1.93. The number of amides is 2. The zero-order chi connectivity index (χ0) is 11.7. The van der Waals surface area contributed by atoms with E-state index < -0.39 is 0 Å². The molecular formula is C11H16N2O2. The molecule has 1 aromatic carbocycles. The van der Waals surface area contributed by atoms with Gasteiger partial charge in [-0.3, -0.25) is 9.59 Å². The van der Waals surface area contributed by atoms with Crippen LogP contribution in [0.4, 0.5) is 0 Å². The molecule has 0 aromatic heterocycles. The predicted molar refractivity (Wildman–Crippen MR) is 59.1 cm³/mol. The predicted octanol–water partition coefficient (Wildman–Crippen LogP) is 1.06. The first-order chi connectivity index (χ1) is 7.07. The maximum Gasteiger partial charge on any atom is 0.248 e. The van der Waals surface area contributed by atoms with Gasteiger partial charge < -0.3 is 11.5 Å². The van der Waals surface area contributed by atoms with Gasteiger partial charge in [-0.15, -0.1) is 0 Å². The highest BCUT2D eigenvalue weighted by atomic mass is 16.1. The van der Waals surface area contributed by atoms with E-state index in [1.54, 1.807) is 24.3 Å². The summed E-state index contributed by atoms with van der Waals surface area (Å²) in [6.45, 7) is 1.92. The number of nitrogens with two attached hydrogens (primary N) is 2. The summed E-state index contributed by atoms with van der Waals surface area (Å²) in [4.78, 5) is 20.2. The van der Waals surface area contributed by atoms with E-state index in [2.05, 4.69) is 0 Å². The van der Waals surface area contributed by atoms with E-state index in [1.165, 1.54) is 0 Å². The number of hydrogen-bond donors (Lipinski definition) is 2. The number of benzene rings is 1. The number of carbonyl (C=O) groups is 2. The van der Waals surface area contributed by atoms with E-state index in [1.807, 2.05) is 13.0 Å². The minimum atomic E-state index is -0.379. The van der Waals surface area contributed by atoms with Gasteiger partial charge in [0.15, 0.2) is 0 Å². The molecule has 4 nitrogen and oxygen atoms in total. The van der Waals surface area contributed by atoms with Crippen molar-refractivity contribution in [1.82, 2.24) is 0 Å². The molecule has 0 radical (unpaired) electrons. The fourth-order valence-electron chi connectivity index (χ4n) is 0.849. The van der Waals surface area contributed by atoms with Crippen LogP contribution in [-0.4, -0.2) is 11.8 Å². The van der Waals surface area contributed by atoms with Gasteiger partial charge in [-0.05, 0) is 18.6 Å². The molecule has 0 aliphatic heterocycles. The Hall–Kier alpha value is -1.84. The summed E-state index contributed by atoms with van der Waals surface area (Å²) in [5.41, 5.74) is 10.3. The smallest absolute Gasteiger partial charge is 0.248 e. The molecule has 1 rings (SSSR count). The third kappa shape index (κ3) is 7.25. The molecular weight excluding hydrogens is 192 g/mol. The molecule has 4 heteroatoms. The second-order valence-electron chi connectivity index (χ2n) is 2.95. The van der Waals surface area contributed by atoms with E-state index in [9.17, 15) is 9.59 Å². The molecule has 0 bridgehead atoms. The molecule has 0 atom stereocenters. The standard InChI is InChI=1S/C7H7NO.C4H9NO/c8-7(9)6-4-2-1-3-5-6;1-2-3-4(5)6/h1-5H,(H2,8,9);2-3H2,1H3,(H2,5,6). The number of carbonyl (C=O) groups excluding carboxylic acids is 2. The van der Waals surface area contributed by atoms with E-state index in [-0.39, 0.29) is 11.8 Å². The third-order valence-electron chi connectivity index (χ3n) is 1.55. The Morgan fingerprint density at radius 3 is 1.87 bits per heavy atom. The largest absolute Gasteiger partial charge is 0.370 e. The Balaban J connectivity index is 0.000000288. The Morgan fingerprint density at radius 1 is 1.13 bits per heavy atom. The summed E-state index contributed by atoms with van der Waals surface area (Å²) in [5, 5.41) is 0. The monoisotopic (exact) mass is 208 g/mol. The summed E-state index contributed by atoms with van der Waals surface area (Å²) in [5.74, 6) is -0.590. The van der Waals surface area contributed by atoms with Crippen molar-refractivity contribution in [3.05, 3.63) is 35.9 Å². The fourth-order valence-corrected chi connectivity index (χ4v) is 0.849. The van der Waals surface area contributed by atoms with Crippen molar-refractivity contribution in [3.8, 4) is 0 Å². The molecule has 2 amide bonds. The van der Waals surface area contributed by atoms with Crippen molar-refractivity contribution >= 4 is 11.8 Å². The minimum absolute atomic E-state index is 0.211. The van der Waals surface area contributed by atoms with Gasteiger partial charge in [0.1, 0.15) is 0 Å². The van der Waals surface area contributed by atoms with Gasteiger partial charge in [-0.25, -0.2) is 0 Å². The SMILES string of the molecule is CCCC(N)=O.NC(=O)c1ccccc1. The van der Waals surface area contributed by atoms with Crippen LogP contribution in [0, 0.1) is 0 Å². The van der Waals surface area contributed by atoms with Gasteiger partial charge in [0.05, 0.1) is 0 Å². The Bertz CT molecular complexity index is 310. The highest BCUT2D eigenvalue weighted by Crippen LogP contribution is 1.94. The van der Waals surface area contributed by atoms with Crippen molar-refractivity contribution in [3.63, 3.8) is 0 Å². The Kier molecular flexibility index (Phi) is 6.63. The molecule has 0 aliphatic rings. The first-order valence-electron chi connectivity index (χ1n) is 4.71. The molecule has 0 aliphatic carbocycles. The summed E-state index contributed by atoms with van der Waals surface area (Å²) in [6, 6.07) is 8.76. The van der Waals surface area contributed by atoms with Crippen molar-refractivity contribution in [1.29, 1.82) is 0 Å². The maximum absolute atomic E-state index is 10.4. The highest BCUT2D eigenvalue weighted by molar-refractivity contribution is 5.92. The van der Waals surface area contributed by atoms with Crippen molar-refractivity contribution in [2.45, 2.75) is 19.8 Å². The van der Waals surface area contributed by atoms with Crippen LogP contribution in [0.1, 0.15) is 30.1 Å². The van der Waals surface area contributed by atoms with Gasteiger partial charge in [-0.2, -0.15) is 0 Å². The lowest BCUT2D eigenvalue weighted by Crippen LogP contribution is -2.09. The molecule has 0 fully saturated rings. The van der Waals surface area contributed by atoms with Crippen LogP contribution in [0.25, 0.3) is 0 Å². The normalized spacial score (nSPS) is 8.60. The second kappa shape index (κ2) is 7.55. The fraction of sp³-hybridized carbons (Fsp3) is 0.273. The first kappa shape index (κ1) is 13.2. The molecule has 4 N–H and O–H groups in total. The average Bonchev–Trinajstić information content (AvgIpc) is 2.20. The molecule has 0 heterocycles. The molecule has 82 valence electrons. The lowest BCUT2D eigenvalue weighted by molar-refractivity contribution is -0.118. The summed E-state index contributed by atoms with van der Waals surface area (Å²) in [7, 11) is 0. The van der Waals surface area contributed by atoms with Gasteiger partial charge >= 0.3 is 0 Å². The number of primary amides is 2. The van der Waals surface area contributed by atoms with Gasteiger partial charge in [0, 0.05) is 12.0 Å². The minimum Gasteiger partial charge on any atom is -0.370 e. The van der Waals surface area contributed by atoms with Crippen LogP contribution in [0.2, 0.25) is 0 Å². The lowest BCUT2D eigenvalue weighted by atomic mass is 10.2. The van der Waals surface area contributed by atoms with Crippen LogP contribution < -0.4 is 11.5 Å². The first-order valence-corrected chi connectivity index (χ1v) is 4.71. The van der Waals surface area contributed by atoms with Crippen LogP contribution in [0.15, 0.2) is 30.3 Å². The van der Waals surface area contributed by atoms with E-state index in [0.717, 1.165) is 6.42 Å². The van der Waals surface area contributed by atoms with Crippen molar-refractivity contribution in [2.24, 2.45) is 11.5 Å². The number of rotatable bonds is 3. The molecule has 0 saturated heterocycles. The Morgan fingerprint density at radius 2 is 1.67 bits per heavy atom. The van der Waals surface area contributed by atoms with Crippen molar-refractivity contribution < 1.29 is 9.59 Å². The Labute approximate surface area is 89.3 Å². The second-order valence-corrected chi connectivity index (χ2v) is 2.95. The lowest BCUT2D eigenvalue weighted by Gasteiger charge is -1.89. The van der Waals surface area contributed by atoms with E-state index in [4.69, 9.17) is 11.5 Å². The summed E-state index contributed by atoms with van der Waals surface area (Å²) in [6.07, 6.45) is 1.37. The summed E-state index contributed by atoms with van der Waals surface area (Å²) >= 11 is 0. The van der Waals surface area contributed by atoms with Crippen LogP contribution in [-0.2, 0) is 4.79 Å². The third-order valence-corrected chi connectivity index (χ3v) is 1.55. The van der Waals surface area contributed by atoms with Crippen LogP contribution in [0.5, 0.6) is 0 Å². The zero-order valence-corrected chi connectivity index (χ0v) is 8.77. The molecule has 0 spiro atoms. The molecule has 0 unspecified atom stereocenters. The molecule has 15 heavy (non-hydrogen) atoms. The average molecular weight is 208 g/mol. The van der Waals surface area contributed by atoms with Crippen LogP contribution >= 0.6 is 0 Å². The zero-order valence-electron chi connectivity index (χ0n) is 8.77.